The number of aromatic carboxylic acids is 1. The summed E-state index contributed by atoms with van der Waals surface area (Å²) in [5, 5.41) is 13.2. The van der Waals surface area contributed by atoms with E-state index >= 15 is 0 Å². The Kier molecular flexibility index (Phi) is 8.21. The fourth-order valence-corrected chi connectivity index (χ4v) is 5.95. The third kappa shape index (κ3) is 6.15. The summed E-state index contributed by atoms with van der Waals surface area (Å²) < 4.78 is 6.10. The van der Waals surface area contributed by atoms with Gasteiger partial charge in [0.05, 0.1) is 17.4 Å². The molecule has 0 aliphatic heterocycles. The van der Waals surface area contributed by atoms with Gasteiger partial charge in [-0.1, -0.05) is 37.8 Å². The van der Waals surface area contributed by atoms with Crippen molar-refractivity contribution in [2.24, 2.45) is 0 Å². The van der Waals surface area contributed by atoms with Gasteiger partial charge in [0, 0.05) is 24.1 Å². The predicted molar refractivity (Wildman–Crippen MR) is 156 cm³/mol. The SMILES string of the molecule is Cc1cc(N(C)c2ccc(C3CCCCC3)cc2)ccc1Nc1ccc(OC2CCCCC2)cc1C(=O)O. The molecule has 5 nitrogen and oxygen atoms in total. The van der Waals surface area contributed by atoms with Gasteiger partial charge in [0.2, 0.25) is 0 Å². The van der Waals surface area contributed by atoms with E-state index in [1.165, 1.54) is 56.9 Å². The Bertz CT molecular complexity index is 1240. The topological polar surface area (TPSA) is 61.8 Å². The van der Waals surface area contributed by atoms with Crippen LogP contribution in [0.4, 0.5) is 22.7 Å². The van der Waals surface area contributed by atoms with Crippen LogP contribution in [0.3, 0.4) is 0 Å². The molecule has 2 fully saturated rings. The molecule has 0 aromatic heterocycles. The van der Waals surface area contributed by atoms with Crippen molar-refractivity contribution in [3.8, 4) is 5.75 Å². The number of hydrogen-bond donors (Lipinski definition) is 2. The van der Waals surface area contributed by atoms with Gasteiger partial charge in [0.25, 0.3) is 0 Å². The van der Waals surface area contributed by atoms with Crippen LogP contribution in [0.25, 0.3) is 0 Å². The van der Waals surface area contributed by atoms with E-state index in [1.807, 2.05) is 25.1 Å². The average molecular weight is 513 g/mol. The Morgan fingerprint density at radius 1 is 0.816 bits per heavy atom. The highest BCUT2D eigenvalue weighted by Crippen LogP contribution is 2.35. The quantitative estimate of drug-likeness (QED) is 0.315. The summed E-state index contributed by atoms with van der Waals surface area (Å²) in [5.74, 6) is 0.370. The Labute approximate surface area is 226 Å². The summed E-state index contributed by atoms with van der Waals surface area (Å²) in [4.78, 5) is 14.3. The first-order valence-corrected chi connectivity index (χ1v) is 14.2. The van der Waals surface area contributed by atoms with E-state index in [9.17, 15) is 9.90 Å². The van der Waals surface area contributed by atoms with Gasteiger partial charge in [-0.15, -0.1) is 0 Å². The number of carboxylic acid groups (broad SMARTS) is 1. The number of carboxylic acids is 1. The largest absolute Gasteiger partial charge is 0.490 e. The van der Waals surface area contributed by atoms with Crippen molar-refractivity contribution in [3.63, 3.8) is 0 Å². The van der Waals surface area contributed by atoms with Crippen LogP contribution < -0.4 is 15.0 Å². The molecule has 2 aliphatic rings. The maximum absolute atomic E-state index is 12.1. The molecule has 0 bridgehead atoms. The van der Waals surface area contributed by atoms with Crippen molar-refractivity contribution in [1.29, 1.82) is 0 Å². The molecular weight excluding hydrogens is 472 g/mol. The average Bonchev–Trinajstić information content (AvgIpc) is 2.95. The van der Waals surface area contributed by atoms with Crippen LogP contribution in [0.15, 0.2) is 60.7 Å². The number of anilines is 4. The smallest absolute Gasteiger partial charge is 0.337 e. The van der Waals surface area contributed by atoms with Crippen LogP contribution in [-0.2, 0) is 0 Å². The van der Waals surface area contributed by atoms with E-state index < -0.39 is 5.97 Å². The van der Waals surface area contributed by atoms with Crippen molar-refractivity contribution in [2.45, 2.75) is 83.2 Å². The molecular formula is C33H40N2O3. The number of aryl methyl sites for hydroxylation is 1. The van der Waals surface area contributed by atoms with Crippen LogP contribution >= 0.6 is 0 Å². The van der Waals surface area contributed by atoms with Crippen molar-refractivity contribution in [3.05, 3.63) is 77.4 Å². The van der Waals surface area contributed by atoms with Gasteiger partial charge in [-0.25, -0.2) is 4.79 Å². The molecule has 0 spiro atoms. The lowest BCUT2D eigenvalue weighted by Crippen LogP contribution is -2.19. The molecule has 3 aromatic carbocycles. The lowest BCUT2D eigenvalue weighted by atomic mass is 9.84. The molecule has 0 heterocycles. The summed E-state index contributed by atoms with van der Waals surface area (Å²) in [5.41, 5.74) is 6.43. The first-order valence-electron chi connectivity index (χ1n) is 14.2. The lowest BCUT2D eigenvalue weighted by molar-refractivity contribution is 0.0696. The highest BCUT2D eigenvalue weighted by Gasteiger charge is 2.19. The summed E-state index contributed by atoms with van der Waals surface area (Å²) in [6, 6.07) is 20.6. The molecule has 5 rings (SSSR count). The summed E-state index contributed by atoms with van der Waals surface area (Å²) in [6.07, 6.45) is 12.5. The summed E-state index contributed by atoms with van der Waals surface area (Å²) >= 11 is 0. The minimum Gasteiger partial charge on any atom is -0.490 e. The van der Waals surface area contributed by atoms with Gasteiger partial charge in [-0.3, -0.25) is 0 Å². The van der Waals surface area contributed by atoms with Gasteiger partial charge < -0.3 is 20.1 Å². The first kappa shape index (κ1) is 26.1. The zero-order valence-electron chi connectivity index (χ0n) is 22.7. The van der Waals surface area contributed by atoms with Crippen molar-refractivity contribution in [2.75, 3.05) is 17.3 Å². The van der Waals surface area contributed by atoms with E-state index in [4.69, 9.17) is 4.74 Å². The molecule has 0 unspecified atom stereocenters. The first-order chi connectivity index (χ1) is 18.5. The van der Waals surface area contributed by atoms with Gasteiger partial charge >= 0.3 is 5.97 Å². The highest BCUT2D eigenvalue weighted by molar-refractivity contribution is 5.96. The third-order valence-corrected chi connectivity index (χ3v) is 8.30. The van der Waals surface area contributed by atoms with Crippen molar-refractivity contribution < 1.29 is 14.6 Å². The van der Waals surface area contributed by atoms with Gasteiger partial charge in [-0.05, 0) is 111 Å². The molecule has 0 saturated heterocycles. The minimum absolute atomic E-state index is 0.180. The monoisotopic (exact) mass is 512 g/mol. The molecule has 3 aromatic rings. The van der Waals surface area contributed by atoms with E-state index in [0.29, 0.717) is 17.4 Å². The van der Waals surface area contributed by atoms with Gasteiger partial charge in [0.1, 0.15) is 5.75 Å². The van der Waals surface area contributed by atoms with Crippen molar-refractivity contribution >= 4 is 28.7 Å². The van der Waals surface area contributed by atoms with E-state index in [0.717, 1.165) is 35.5 Å². The summed E-state index contributed by atoms with van der Waals surface area (Å²) in [6.45, 7) is 2.05. The Morgan fingerprint density at radius 3 is 2.11 bits per heavy atom. The zero-order chi connectivity index (χ0) is 26.5. The van der Waals surface area contributed by atoms with Crippen molar-refractivity contribution in [1.82, 2.24) is 0 Å². The van der Waals surface area contributed by atoms with Gasteiger partial charge in [-0.2, -0.15) is 0 Å². The summed E-state index contributed by atoms with van der Waals surface area (Å²) in [7, 11) is 2.09. The number of ether oxygens (including phenoxy) is 1. The van der Waals surface area contributed by atoms with Crippen LogP contribution in [0.5, 0.6) is 5.75 Å². The zero-order valence-corrected chi connectivity index (χ0v) is 22.7. The number of carbonyl (C=O) groups is 1. The second-order valence-corrected chi connectivity index (χ2v) is 11.0. The molecule has 0 amide bonds. The number of benzene rings is 3. The van der Waals surface area contributed by atoms with Crippen LogP contribution in [0.2, 0.25) is 0 Å². The molecule has 2 N–H and O–H groups in total. The van der Waals surface area contributed by atoms with E-state index in [2.05, 4.69) is 53.7 Å². The number of hydrogen-bond acceptors (Lipinski definition) is 4. The standard InChI is InChI=1S/C33H40N2O3/c1-23-21-27(35(2)26-15-13-25(14-16-26)24-9-5-3-6-10-24)17-19-31(23)34-32-20-18-29(22-30(32)33(36)37)38-28-11-7-4-8-12-28/h13-22,24,28,34H,3-12H2,1-2H3,(H,36,37). The second kappa shape index (κ2) is 11.9. The fourth-order valence-electron chi connectivity index (χ4n) is 5.95. The van der Waals surface area contributed by atoms with E-state index in [1.54, 1.807) is 6.07 Å². The Morgan fingerprint density at radius 2 is 1.45 bits per heavy atom. The number of nitrogens with one attached hydrogen (secondary N) is 1. The molecule has 0 atom stereocenters. The predicted octanol–water partition coefficient (Wildman–Crippen LogP) is 8.96. The number of nitrogens with zero attached hydrogens (tertiary/aromatic N) is 1. The second-order valence-electron chi connectivity index (χ2n) is 11.0. The lowest BCUT2D eigenvalue weighted by Gasteiger charge is -2.24. The molecule has 2 saturated carbocycles. The van der Waals surface area contributed by atoms with Crippen LogP contribution in [0.1, 0.15) is 91.6 Å². The van der Waals surface area contributed by atoms with Crippen LogP contribution in [-0.4, -0.2) is 24.2 Å². The molecule has 5 heteroatoms. The van der Waals surface area contributed by atoms with E-state index in [-0.39, 0.29) is 11.7 Å². The number of rotatable bonds is 8. The van der Waals surface area contributed by atoms with Gasteiger partial charge in [0.15, 0.2) is 0 Å². The molecule has 200 valence electrons. The Balaban J connectivity index is 1.28. The fraction of sp³-hybridized carbons (Fsp3) is 0.424. The maximum atomic E-state index is 12.1. The van der Waals surface area contributed by atoms with Crippen LogP contribution in [0, 0.1) is 6.92 Å². The normalized spacial score (nSPS) is 16.7. The minimum atomic E-state index is -0.965. The molecule has 2 aliphatic carbocycles. The maximum Gasteiger partial charge on any atom is 0.337 e. The third-order valence-electron chi connectivity index (χ3n) is 8.30. The molecule has 0 radical (unpaired) electrons. The highest BCUT2D eigenvalue weighted by atomic mass is 16.5. The Hall–Kier alpha value is -3.47. The molecule has 38 heavy (non-hydrogen) atoms.